The Kier molecular flexibility index (Phi) is 8.07. The van der Waals surface area contributed by atoms with Crippen LogP contribution in [0.5, 0.6) is 5.75 Å². The molecule has 0 radical (unpaired) electrons. The molecule has 0 bridgehead atoms. The van der Waals surface area contributed by atoms with Crippen LogP contribution in [0.1, 0.15) is 12.5 Å². The lowest BCUT2D eigenvalue weighted by atomic mass is 10.2. The van der Waals surface area contributed by atoms with E-state index in [-0.39, 0.29) is 10.8 Å². The minimum atomic E-state index is -3.63. The van der Waals surface area contributed by atoms with Crippen LogP contribution in [0.25, 0.3) is 0 Å². The van der Waals surface area contributed by atoms with Gasteiger partial charge in [-0.1, -0.05) is 36.4 Å². The van der Waals surface area contributed by atoms with Crippen LogP contribution in [0.4, 0.5) is 5.69 Å². The fourth-order valence-corrected chi connectivity index (χ4v) is 5.15. The van der Waals surface area contributed by atoms with Gasteiger partial charge in [-0.05, 0) is 48.2 Å². The molecule has 1 aromatic heterocycles. The monoisotopic (exact) mass is 488 g/mol. The molecular weight excluding hydrogens is 464 g/mol. The fourth-order valence-electron chi connectivity index (χ4n) is 2.79. The topological polar surface area (TPSA) is 102 Å². The van der Waals surface area contributed by atoms with E-state index in [2.05, 4.69) is 5.32 Å². The van der Waals surface area contributed by atoms with Gasteiger partial charge in [-0.3, -0.25) is 9.10 Å². The van der Waals surface area contributed by atoms with E-state index >= 15 is 0 Å². The maximum Gasteiger partial charge on any atom is 0.344 e. The summed E-state index contributed by atoms with van der Waals surface area (Å²) in [7, 11) is -2.17. The minimum Gasteiger partial charge on any atom is -0.482 e. The molecule has 0 saturated heterocycles. The Morgan fingerprint density at radius 1 is 1.03 bits per heavy atom. The standard InChI is InChI=1S/C23H24N2O6S2/c1-17(23(27)24-15-18-7-4-3-5-8-18)31-21(26)16-30-20-12-10-19(11-13-20)25(2)33(28,29)22-9-6-14-32-22/h3-14,17H,15-16H2,1-2H3,(H,24,27). The van der Waals surface area contributed by atoms with Crippen LogP contribution in [0.15, 0.2) is 76.3 Å². The van der Waals surface area contributed by atoms with E-state index in [1.165, 1.54) is 18.3 Å². The van der Waals surface area contributed by atoms with Crippen molar-refractivity contribution in [1.82, 2.24) is 5.32 Å². The first kappa shape index (κ1) is 24.3. The fraction of sp³-hybridized carbons (Fsp3) is 0.217. The van der Waals surface area contributed by atoms with Crippen molar-refractivity contribution < 1.29 is 27.5 Å². The van der Waals surface area contributed by atoms with Crippen molar-refractivity contribution in [2.24, 2.45) is 0 Å². The molecule has 1 unspecified atom stereocenters. The molecule has 2 aromatic carbocycles. The highest BCUT2D eigenvalue weighted by Gasteiger charge is 2.22. The predicted molar refractivity (Wildman–Crippen MR) is 126 cm³/mol. The summed E-state index contributed by atoms with van der Waals surface area (Å²) in [6, 6.07) is 18.9. The molecule has 10 heteroatoms. The number of nitrogens with one attached hydrogen (secondary N) is 1. The molecule has 0 fully saturated rings. The van der Waals surface area contributed by atoms with E-state index in [0.717, 1.165) is 16.9 Å². The van der Waals surface area contributed by atoms with Gasteiger partial charge < -0.3 is 14.8 Å². The Balaban J connectivity index is 1.46. The van der Waals surface area contributed by atoms with Gasteiger partial charge in [0.05, 0.1) is 5.69 Å². The van der Waals surface area contributed by atoms with E-state index in [9.17, 15) is 18.0 Å². The lowest BCUT2D eigenvalue weighted by molar-refractivity contribution is -0.156. The van der Waals surface area contributed by atoms with E-state index < -0.39 is 28.0 Å². The Hall–Kier alpha value is -3.37. The van der Waals surface area contributed by atoms with Crippen LogP contribution in [-0.4, -0.2) is 40.1 Å². The smallest absolute Gasteiger partial charge is 0.344 e. The van der Waals surface area contributed by atoms with Gasteiger partial charge in [0.1, 0.15) is 9.96 Å². The van der Waals surface area contributed by atoms with Crippen molar-refractivity contribution in [3.8, 4) is 5.75 Å². The third-order valence-electron chi connectivity index (χ3n) is 4.65. The third-order valence-corrected chi connectivity index (χ3v) is 7.81. The summed E-state index contributed by atoms with van der Waals surface area (Å²) >= 11 is 1.14. The first-order chi connectivity index (χ1) is 15.8. The number of esters is 1. The van der Waals surface area contributed by atoms with Crippen LogP contribution in [0.2, 0.25) is 0 Å². The Bertz CT molecular complexity index is 1160. The molecule has 0 saturated carbocycles. The van der Waals surface area contributed by atoms with Gasteiger partial charge in [0, 0.05) is 13.6 Å². The highest BCUT2D eigenvalue weighted by Crippen LogP contribution is 2.26. The maximum atomic E-state index is 12.6. The zero-order chi connectivity index (χ0) is 23.8. The predicted octanol–water partition coefficient (Wildman–Crippen LogP) is 3.20. The summed E-state index contributed by atoms with van der Waals surface area (Å²) in [6.07, 6.45) is -0.969. The van der Waals surface area contributed by atoms with Gasteiger partial charge >= 0.3 is 5.97 Å². The molecule has 0 aliphatic carbocycles. The molecule has 1 atom stereocenters. The number of carbonyl (C=O) groups excluding carboxylic acids is 2. The van der Waals surface area contributed by atoms with E-state index in [0.29, 0.717) is 18.0 Å². The number of hydrogen-bond donors (Lipinski definition) is 1. The zero-order valence-electron chi connectivity index (χ0n) is 18.1. The molecule has 1 amide bonds. The number of carbonyl (C=O) groups is 2. The zero-order valence-corrected chi connectivity index (χ0v) is 19.8. The molecule has 1 N–H and O–H groups in total. The number of hydrogen-bond acceptors (Lipinski definition) is 7. The largest absolute Gasteiger partial charge is 0.482 e. The van der Waals surface area contributed by atoms with E-state index in [1.54, 1.807) is 41.8 Å². The van der Waals surface area contributed by atoms with Crippen molar-refractivity contribution in [2.45, 2.75) is 23.8 Å². The second-order valence-electron chi connectivity index (χ2n) is 7.02. The lowest BCUT2D eigenvalue weighted by Crippen LogP contribution is -2.36. The SMILES string of the molecule is CC(OC(=O)COc1ccc(N(C)S(=O)(=O)c2cccs2)cc1)C(=O)NCc1ccccc1. The van der Waals surface area contributed by atoms with Crippen molar-refractivity contribution in [3.63, 3.8) is 0 Å². The molecule has 3 aromatic rings. The second kappa shape index (κ2) is 11.0. The number of nitrogens with zero attached hydrogens (tertiary/aromatic N) is 1. The molecule has 33 heavy (non-hydrogen) atoms. The first-order valence-electron chi connectivity index (χ1n) is 10.0. The van der Waals surface area contributed by atoms with Gasteiger partial charge in [-0.2, -0.15) is 0 Å². The summed E-state index contributed by atoms with van der Waals surface area (Å²) in [5.41, 5.74) is 1.38. The summed E-state index contributed by atoms with van der Waals surface area (Å²) < 4.78 is 37.1. The molecule has 174 valence electrons. The molecular formula is C23H24N2O6S2. The van der Waals surface area contributed by atoms with Crippen LogP contribution in [-0.2, 0) is 30.9 Å². The van der Waals surface area contributed by atoms with Crippen LogP contribution in [0, 0.1) is 0 Å². The van der Waals surface area contributed by atoms with Gasteiger partial charge in [0.15, 0.2) is 12.7 Å². The Morgan fingerprint density at radius 3 is 2.36 bits per heavy atom. The van der Waals surface area contributed by atoms with Crippen molar-refractivity contribution in [2.75, 3.05) is 18.0 Å². The molecule has 1 heterocycles. The molecule has 0 aliphatic rings. The van der Waals surface area contributed by atoms with Crippen molar-refractivity contribution >= 4 is 38.9 Å². The number of amides is 1. The molecule has 3 rings (SSSR count). The highest BCUT2D eigenvalue weighted by atomic mass is 32.2. The number of ether oxygens (including phenoxy) is 2. The Labute approximate surface area is 196 Å². The average Bonchev–Trinajstić information content (AvgIpc) is 3.38. The second-order valence-corrected chi connectivity index (χ2v) is 10.2. The number of thiophene rings is 1. The van der Waals surface area contributed by atoms with E-state index in [4.69, 9.17) is 9.47 Å². The van der Waals surface area contributed by atoms with Gasteiger partial charge in [-0.15, -0.1) is 11.3 Å². The van der Waals surface area contributed by atoms with Crippen molar-refractivity contribution in [3.05, 3.63) is 77.7 Å². The summed E-state index contributed by atoms with van der Waals surface area (Å²) in [4.78, 5) is 24.1. The van der Waals surface area contributed by atoms with Crippen LogP contribution >= 0.6 is 11.3 Å². The maximum absolute atomic E-state index is 12.6. The summed E-state index contributed by atoms with van der Waals surface area (Å²) in [5, 5.41) is 4.41. The van der Waals surface area contributed by atoms with Crippen molar-refractivity contribution in [1.29, 1.82) is 0 Å². The molecule has 8 nitrogen and oxygen atoms in total. The van der Waals surface area contributed by atoms with Crippen LogP contribution in [0.3, 0.4) is 0 Å². The van der Waals surface area contributed by atoms with Crippen LogP contribution < -0.4 is 14.4 Å². The summed E-state index contributed by atoms with van der Waals surface area (Å²) in [5.74, 6) is -0.746. The quantitative estimate of drug-likeness (QED) is 0.440. The number of benzene rings is 2. The Morgan fingerprint density at radius 2 is 1.73 bits per heavy atom. The highest BCUT2D eigenvalue weighted by molar-refractivity contribution is 7.94. The summed E-state index contributed by atoms with van der Waals surface area (Å²) in [6.45, 7) is 1.43. The number of rotatable bonds is 10. The molecule has 0 spiro atoms. The lowest BCUT2D eigenvalue weighted by Gasteiger charge is -2.18. The number of sulfonamides is 1. The van der Waals surface area contributed by atoms with Gasteiger partial charge in [-0.25, -0.2) is 13.2 Å². The minimum absolute atomic E-state index is 0.245. The van der Waals surface area contributed by atoms with E-state index in [1.807, 2.05) is 30.3 Å². The van der Waals surface area contributed by atoms with Gasteiger partial charge in [0.25, 0.3) is 15.9 Å². The third kappa shape index (κ3) is 6.56. The number of anilines is 1. The molecule has 0 aliphatic heterocycles. The average molecular weight is 489 g/mol. The first-order valence-corrected chi connectivity index (χ1v) is 12.4. The normalized spacial score (nSPS) is 11.9. The van der Waals surface area contributed by atoms with Gasteiger partial charge in [0.2, 0.25) is 0 Å².